The molecular weight excluding hydrogens is 288 g/mol. The monoisotopic (exact) mass is 300 g/mol. The molecule has 0 unspecified atom stereocenters. The molecule has 0 saturated heterocycles. The van der Waals surface area contributed by atoms with Crippen molar-refractivity contribution in [2.24, 2.45) is 0 Å². The fraction of sp³-hybridized carbons (Fsp3) is 0. The molecular formula is C15H12N2O3S. The number of aromatic nitrogens is 2. The number of benzene rings is 2. The van der Waals surface area contributed by atoms with Crippen LogP contribution in [0.3, 0.4) is 0 Å². The number of imidazole rings is 1. The van der Waals surface area contributed by atoms with Gasteiger partial charge in [0.15, 0.2) is 5.75 Å². The van der Waals surface area contributed by atoms with E-state index < -0.39 is 10.1 Å². The number of nitrogens with one attached hydrogen (secondary N) is 1. The average molecular weight is 300 g/mol. The number of hydrogen-bond acceptors (Lipinski definition) is 4. The number of H-pyrrole nitrogens is 1. The maximum Gasteiger partial charge on any atom is 0.373 e. The summed E-state index contributed by atoms with van der Waals surface area (Å²) in [5.41, 5.74) is 1.58. The topological polar surface area (TPSA) is 72.1 Å². The van der Waals surface area contributed by atoms with Gasteiger partial charge < -0.3 is 9.17 Å². The van der Waals surface area contributed by atoms with Crippen molar-refractivity contribution in [1.29, 1.82) is 0 Å². The maximum atomic E-state index is 12.1. The van der Waals surface area contributed by atoms with Crippen LogP contribution < -0.4 is 4.18 Å². The predicted octanol–water partition coefficient (Wildman–Crippen LogP) is 2.84. The van der Waals surface area contributed by atoms with E-state index in [1.54, 1.807) is 12.1 Å². The Kier molecular flexibility index (Phi) is 3.45. The van der Waals surface area contributed by atoms with Gasteiger partial charge in [0.2, 0.25) is 0 Å². The number of nitrogens with zero attached hydrogens (tertiary/aromatic N) is 1. The molecule has 2 aromatic carbocycles. The van der Waals surface area contributed by atoms with Crippen molar-refractivity contribution in [3.8, 4) is 16.9 Å². The maximum absolute atomic E-state index is 12.1. The van der Waals surface area contributed by atoms with Crippen LogP contribution in [0.4, 0.5) is 0 Å². The Labute approximate surface area is 122 Å². The summed E-state index contributed by atoms with van der Waals surface area (Å²) in [6, 6.07) is 16.4. The summed E-state index contributed by atoms with van der Waals surface area (Å²) < 4.78 is 29.5. The van der Waals surface area contributed by atoms with Crippen molar-refractivity contribution in [3.63, 3.8) is 0 Å². The number of para-hydroxylation sites is 1. The minimum absolute atomic E-state index is 0.217. The summed E-state index contributed by atoms with van der Waals surface area (Å²) in [6.07, 6.45) is 2.79. The molecule has 0 aliphatic heterocycles. The minimum atomic E-state index is -3.97. The Balaban J connectivity index is 2.01. The molecule has 5 nitrogen and oxygen atoms in total. The lowest BCUT2D eigenvalue weighted by molar-refractivity contribution is 0.479. The third kappa shape index (κ3) is 2.80. The zero-order valence-corrected chi connectivity index (χ0v) is 11.7. The van der Waals surface area contributed by atoms with Crippen molar-refractivity contribution in [1.82, 2.24) is 9.97 Å². The molecule has 0 spiro atoms. The highest BCUT2D eigenvalue weighted by Crippen LogP contribution is 2.31. The number of hydrogen-bond donors (Lipinski definition) is 1. The number of aromatic amines is 1. The van der Waals surface area contributed by atoms with Crippen LogP contribution in [0.1, 0.15) is 0 Å². The third-order valence-electron chi connectivity index (χ3n) is 2.88. The first-order valence-electron chi connectivity index (χ1n) is 6.25. The first-order chi connectivity index (χ1) is 10.2. The van der Waals surface area contributed by atoms with Gasteiger partial charge >= 0.3 is 10.1 Å². The van der Waals surface area contributed by atoms with Crippen LogP contribution in [-0.4, -0.2) is 18.4 Å². The van der Waals surface area contributed by atoms with Gasteiger partial charge in [-0.15, -0.1) is 0 Å². The Hall–Kier alpha value is -2.60. The van der Waals surface area contributed by atoms with Crippen molar-refractivity contribution >= 4 is 10.1 Å². The van der Waals surface area contributed by atoms with Gasteiger partial charge in [0.1, 0.15) is 0 Å². The Bertz CT molecular complexity index is 828. The Morgan fingerprint density at radius 1 is 0.952 bits per heavy atom. The van der Waals surface area contributed by atoms with Crippen molar-refractivity contribution in [2.45, 2.75) is 5.16 Å². The molecule has 3 rings (SSSR count). The van der Waals surface area contributed by atoms with E-state index in [9.17, 15) is 8.42 Å². The van der Waals surface area contributed by atoms with Gasteiger partial charge in [-0.25, -0.2) is 4.98 Å². The van der Waals surface area contributed by atoms with Crippen molar-refractivity contribution in [3.05, 3.63) is 67.0 Å². The van der Waals surface area contributed by atoms with Crippen LogP contribution in [0.15, 0.2) is 72.1 Å². The molecule has 0 aliphatic rings. The molecule has 0 radical (unpaired) electrons. The average Bonchev–Trinajstić information content (AvgIpc) is 3.03. The van der Waals surface area contributed by atoms with Crippen molar-refractivity contribution < 1.29 is 12.6 Å². The SMILES string of the molecule is O=S(=O)(Oc1ccccc1-c1ccccc1)c1ncc[nH]1. The fourth-order valence-corrected chi connectivity index (χ4v) is 2.80. The van der Waals surface area contributed by atoms with Crippen LogP contribution in [0, 0.1) is 0 Å². The highest BCUT2D eigenvalue weighted by molar-refractivity contribution is 7.86. The standard InChI is InChI=1S/C15H12N2O3S/c18-21(19,15-16-10-11-17-15)20-14-9-5-4-8-13(14)12-6-2-1-3-7-12/h1-11H,(H,16,17). The summed E-state index contributed by atoms with van der Waals surface area (Å²) >= 11 is 0. The highest BCUT2D eigenvalue weighted by atomic mass is 32.2. The van der Waals surface area contributed by atoms with E-state index >= 15 is 0 Å². The molecule has 0 bridgehead atoms. The molecule has 6 heteroatoms. The normalized spacial score (nSPS) is 11.2. The van der Waals surface area contributed by atoms with Gasteiger partial charge in [-0.1, -0.05) is 48.5 Å². The smallest absolute Gasteiger partial charge is 0.373 e. The molecule has 0 aliphatic carbocycles. The lowest BCUT2D eigenvalue weighted by Crippen LogP contribution is -2.12. The van der Waals surface area contributed by atoms with Gasteiger partial charge in [-0.2, -0.15) is 8.42 Å². The van der Waals surface area contributed by atoms with Crippen LogP contribution in [-0.2, 0) is 10.1 Å². The second-order valence-corrected chi connectivity index (χ2v) is 5.76. The predicted molar refractivity (Wildman–Crippen MR) is 78.3 cm³/mol. The molecule has 3 aromatic rings. The van der Waals surface area contributed by atoms with Crippen LogP contribution in [0.2, 0.25) is 0 Å². The summed E-state index contributed by atoms with van der Waals surface area (Å²) in [4.78, 5) is 6.25. The Morgan fingerprint density at radius 2 is 1.67 bits per heavy atom. The lowest BCUT2D eigenvalue weighted by atomic mass is 10.1. The van der Waals surface area contributed by atoms with E-state index in [1.807, 2.05) is 42.5 Å². The van der Waals surface area contributed by atoms with Gasteiger partial charge in [-0.3, -0.25) is 0 Å². The summed E-state index contributed by atoms with van der Waals surface area (Å²) in [5.74, 6) is 0.264. The molecule has 0 saturated carbocycles. The largest absolute Gasteiger partial charge is 0.376 e. The summed E-state index contributed by atoms with van der Waals surface area (Å²) in [6.45, 7) is 0. The zero-order chi connectivity index (χ0) is 14.7. The zero-order valence-electron chi connectivity index (χ0n) is 10.9. The summed E-state index contributed by atoms with van der Waals surface area (Å²) in [7, 11) is -3.97. The highest BCUT2D eigenvalue weighted by Gasteiger charge is 2.21. The fourth-order valence-electron chi connectivity index (χ4n) is 1.94. The first kappa shape index (κ1) is 13.4. The molecule has 0 amide bonds. The van der Waals surface area contributed by atoms with Crippen LogP contribution in [0.5, 0.6) is 5.75 Å². The van der Waals surface area contributed by atoms with E-state index in [-0.39, 0.29) is 10.9 Å². The molecule has 0 fully saturated rings. The van der Waals surface area contributed by atoms with E-state index in [0.29, 0.717) is 5.56 Å². The first-order valence-corrected chi connectivity index (χ1v) is 7.66. The molecule has 21 heavy (non-hydrogen) atoms. The van der Waals surface area contributed by atoms with Crippen LogP contribution >= 0.6 is 0 Å². The third-order valence-corrected chi connectivity index (χ3v) is 3.98. The summed E-state index contributed by atoms with van der Waals surface area (Å²) in [5, 5.41) is -0.217. The Morgan fingerprint density at radius 3 is 2.38 bits per heavy atom. The minimum Gasteiger partial charge on any atom is -0.376 e. The van der Waals surface area contributed by atoms with E-state index in [0.717, 1.165) is 5.56 Å². The van der Waals surface area contributed by atoms with Crippen molar-refractivity contribution in [2.75, 3.05) is 0 Å². The molecule has 1 N–H and O–H groups in total. The van der Waals surface area contributed by atoms with E-state index in [1.165, 1.54) is 12.4 Å². The number of rotatable bonds is 4. The van der Waals surface area contributed by atoms with Gasteiger partial charge in [0.25, 0.3) is 5.16 Å². The lowest BCUT2D eigenvalue weighted by Gasteiger charge is -2.10. The van der Waals surface area contributed by atoms with Gasteiger partial charge in [-0.05, 0) is 11.6 Å². The van der Waals surface area contributed by atoms with E-state index in [4.69, 9.17) is 4.18 Å². The quantitative estimate of drug-likeness (QED) is 0.752. The molecule has 0 atom stereocenters. The second-order valence-electron chi connectivity index (χ2n) is 4.29. The second kappa shape index (κ2) is 5.41. The molecule has 1 heterocycles. The van der Waals surface area contributed by atoms with Gasteiger partial charge in [0, 0.05) is 18.0 Å². The van der Waals surface area contributed by atoms with Crippen LogP contribution in [0.25, 0.3) is 11.1 Å². The van der Waals surface area contributed by atoms with E-state index in [2.05, 4.69) is 9.97 Å². The molecule has 1 aromatic heterocycles. The van der Waals surface area contributed by atoms with Gasteiger partial charge in [0.05, 0.1) is 0 Å². The molecule has 106 valence electrons.